The molecule has 31 heavy (non-hydrogen) atoms. The number of carbonyl (C=O) groups is 2. The maximum absolute atomic E-state index is 11.8. The zero-order valence-electron chi connectivity index (χ0n) is 18.1. The smallest absolute Gasteiger partial charge is 0.331 e. The first-order chi connectivity index (χ1) is 14.7. The molecule has 0 saturated carbocycles. The molecule has 0 atom stereocenters. The van der Waals surface area contributed by atoms with Crippen molar-refractivity contribution in [3.63, 3.8) is 0 Å². The molecule has 0 bridgehead atoms. The third-order valence-corrected chi connectivity index (χ3v) is 4.80. The van der Waals surface area contributed by atoms with Gasteiger partial charge in [-0.3, -0.25) is 10.4 Å². The Morgan fingerprint density at radius 2 is 1.71 bits per heavy atom. The summed E-state index contributed by atoms with van der Waals surface area (Å²) in [6, 6.07) is 13.3. The molecule has 0 radical (unpaired) electrons. The molecule has 8 nitrogen and oxygen atoms in total. The first-order valence-electron chi connectivity index (χ1n) is 9.91. The molecular formula is C23H27N3O5. The van der Waals surface area contributed by atoms with Crippen LogP contribution in [-0.2, 0) is 24.5 Å². The number of hydrogen-bond donors (Lipinski definition) is 2. The van der Waals surface area contributed by atoms with Crippen LogP contribution in [0, 0.1) is 0 Å². The third-order valence-electron chi connectivity index (χ3n) is 4.80. The fourth-order valence-corrected chi connectivity index (χ4v) is 3.28. The van der Waals surface area contributed by atoms with Gasteiger partial charge in [0.2, 0.25) is 0 Å². The monoisotopic (exact) mass is 425 g/mol. The highest BCUT2D eigenvalue weighted by atomic mass is 16.5. The second-order valence-corrected chi connectivity index (χ2v) is 8.01. The van der Waals surface area contributed by atoms with Crippen molar-refractivity contribution in [1.82, 2.24) is 0 Å². The van der Waals surface area contributed by atoms with E-state index in [2.05, 4.69) is 10.2 Å². The van der Waals surface area contributed by atoms with Gasteiger partial charge in [-0.2, -0.15) is 5.12 Å². The minimum Gasteiger partial charge on any atom is -0.505 e. The van der Waals surface area contributed by atoms with Gasteiger partial charge in [0, 0.05) is 17.7 Å². The predicted octanol–water partition coefficient (Wildman–Crippen LogP) is 3.53. The summed E-state index contributed by atoms with van der Waals surface area (Å²) in [5.41, 5.74) is 6.20. The van der Waals surface area contributed by atoms with Crippen molar-refractivity contribution in [2.45, 2.75) is 26.2 Å². The summed E-state index contributed by atoms with van der Waals surface area (Å²) in [6.45, 7) is 6.50. The number of methoxy groups -OCH3 is 1. The molecule has 1 aliphatic heterocycles. The van der Waals surface area contributed by atoms with Gasteiger partial charge in [0.05, 0.1) is 25.0 Å². The van der Waals surface area contributed by atoms with Crippen LogP contribution < -0.4 is 15.6 Å². The molecule has 0 saturated heterocycles. The largest absolute Gasteiger partial charge is 0.505 e. The van der Waals surface area contributed by atoms with Crippen LogP contribution in [0.15, 0.2) is 54.6 Å². The summed E-state index contributed by atoms with van der Waals surface area (Å²) in [7, 11) is 1.23. The fourth-order valence-electron chi connectivity index (χ4n) is 3.28. The molecule has 0 amide bonds. The number of hydrogen-bond acceptors (Lipinski definition) is 8. The minimum atomic E-state index is -0.644. The number of para-hydroxylation sites is 3. The van der Waals surface area contributed by atoms with Crippen LogP contribution in [0.3, 0.4) is 0 Å². The van der Waals surface area contributed by atoms with Gasteiger partial charge >= 0.3 is 11.9 Å². The maximum atomic E-state index is 11.8. The van der Waals surface area contributed by atoms with Crippen LogP contribution in [-0.4, -0.2) is 37.3 Å². The van der Waals surface area contributed by atoms with E-state index in [0.717, 1.165) is 29.1 Å². The summed E-state index contributed by atoms with van der Waals surface area (Å²) < 4.78 is 9.67. The predicted molar refractivity (Wildman–Crippen MR) is 119 cm³/mol. The van der Waals surface area contributed by atoms with Crippen LogP contribution in [0.5, 0.6) is 5.75 Å². The molecule has 0 aliphatic carbocycles. The Balaban J connectivity index is 1.81. The second-order valence-electron chi connectivity index (χ2n) is 8.01. The molecule has 0 spiro atoms. The van der Waals surface area contributed by atoms with Crippen LogP contribution in [0.25, 0.3) is 0 Å². The Kier molecular flexibility index (Phi) is 6.39. The van der Waals surface area contributed by atoms with E-state index in [1.807, 2.05) is 68.2 Å². The highest BCUT2D eigenvalue weighted by molar-refractivity contribution is 5.91. The molecular weight excluding hydrogens is 398 g/mol. The quantitative estimate of drug-likeness (QED) is 0.537. The lowest BCUT2D eigenvalue weighted by Gasteiger charge is -2.32. The Labute approximate surface area is 181 Å². The number of aromatic hydroxyl groups is 1. The number of ether oxygens (including phenoxy) is 2. The average molecular weight is 425 g/mol. The number of nitrogens with one attached hydrogen (secondary N) is 1. The van der Waals surface area contributed by atoms with Crippen LogP contribution in [0.4, 0.5) is 17.1 Å². The Hall–Kier alpha value is -3.68. The maximum Gasteiger partial charge on any atom is 0.331 e. The van der Waals surface area contributed by atoms with E-state index in [-0.39, 0.29) is 17.8 Å². The van der Waals surface area contributed by atoms with E-state index >= 15 is 0 Å². The molecule has 1 heterocycles. The number of carbonyl (C=O) groups excluding carboxylic acids is 2. The average Bonchev–Trinajstić information content (AvgIpc) is 3.09. The normalized spacial score (nSPS) is 13.2. The standard InChI is InChI=1S/C23H27N3O5/c1-23(2,3)16-8-7-11-19(22(16)29)26-24-17-9-5-6-10-18(17)25(26)14-15-31-21(28)13-12-20(27)30-4/h5-13,24,29H,14-15H2,1-4H3. The van der Waals surface area contributed by atoms with E-state index in [0.29, 0.717) is 12.2 Å². The van der Waals surface area contributed by atoms with Crippen molar-refractivity contribution < 1.29 is 24.2 Å². The van der Waals surface area contributed by atoms with Gasteiger partial charge in [-0.05, 0) is 23.6 Å². The summed E-state index contributed by atoms with van der Waals surface area (Å²) in [6.07, 6.45) is 2.04. The van der Waals surface area contributed by atoms with Crippen LogP contribution >= 0.6 is 0 Å². The van der Waals surface area contributed by atoms with Gasteiger partial charge in [0.15, 0.2) is 0 Å². The number of esters is 2. The molecule has 2 N–H and O–H groups in total. The molecule has 3 rings (SSSR count). The van der Waals surface area contributed by atoms with Crippen molar-refractivity contribution in [3.8, 4) is 5.75 Å². The van der Waals surface area contributed by atoms with E-state index in [1.54, 1.807) is 5.12 Å². The highest BCUT2D eigenvalue weighted by Crippen LogP contribution is 2.42. The number of anilines is 3. The summed E-state index contributed by atoms with van der Waals surface area (Å²) >= 11 is 0. The van der Waals surface area contributed by atoms with Gasteiger partial charge < -0.3 is 14.6 Å². The Morgan fingerprint density at radius 3 is 2.42 bits per heavy atom. The number of fused-ring (bicyclic) bond motifs is 1. The summed E-state index contributed by atoms with van der Waals surface area (Å²) in [5, 5.41) is 14.6. The summed E-state index contributed by atoms with van der Waals surface area (Å²) in [4.78, 5) is 22.9. The summed E-state index contributed by atoms with van der Waals surface area (Å²) in [5.74, 6) is -1.09. The van der Waals surface area contributed by atoms with Crippen LogP contribution in [0.2, 0.25) is 0 Å². The van der Waals surface area contributed by atoms with E-state index in [4.69, 9.17) is 4.74 Å². The van der Waals surface area contributed by atoms with Crippen molar-refractivity contribution in [2.75, 3.05) is 35.8 Å². The lowest BCUT2D eigenvalue weighted by molar-refractivity contribution is -0.139. The molecule has 164 valence electrons. The second kappa shape index (κ2) is 8.99. The molecule has 8 heteroatoms. The number of phenols is 1. The number of rotatable bonds is 6. The third kappa shape index (κ3) is 4.91. The molecule has 0 fully saturated rings. The Bertz CT molecular complexity index is 997. The van der Waals surface area contributed by atoms with Gasteiger partial charge in [0.1, 0.15) is 18.0 Å². The molecule has 0 unspecified atom stereocenters. The molecule has 2 aromatic carbocycles. The zero-order chi connectivity index (χ0) is 22.6. The molecule has 2 aromatic rings. The lowest BCUT2D eigenvalue weighted by Crippen LogP contribution is -2.44. The number of hydrazine groups is 2. The van der Waals surface area contributed by atoms with Crippen molar-refractivity contribution in [1.29, 1.82) is 0 Å². The van der Waals surface area contributed by atoms with Crippen molar-refractivity contribution in [2.24, 2.45) is 0 Å². The van der Waals surface area contributed by atoms with E-state index in [1.165, 1.54) is 7.11 Å². The van der Waals surface area contributed by atoms with Gasteiger partial charge in [-0.15, -0.1) is 0 Å². The highest BCUT2D eigenvalue weighted by Gasteiger charge is 2.31. The topological polar surface area (TPSA) is 91.3 Å². The molecule has 1 aliphatic rings. The van der Waals surface area contributed by atoms with Gasteiger partial charge in [-0.25, -0.2) is 9.59 Å². The van der Waals surface area contributed by atoms with Gasteiger partial charge in [-0.1, -0.05) is 45.0 Å². The Morgan fingerprint density at radius 1 is 1.03 bits per heavy atom. The minimum absolute atomic E-state index is 0.0661. The molecule has 0 aromatic heterocycles. The van der Waals surface area contributed by atoms with Crippen molar-refractivity contribution >= 4 is 29.0 Å². The lowest BCUT2D eigenvalue weighted by atomic mass is 9.86. The zero-order valence-corrected chi connectivity index (χ0v) is 18.1. The number of nitrogens with zero attached hydrogens (tertiary/aromatic N) is 2. The number of benzene rings is 2. The first kappa shape index (κ1) is 22.0. The SMILES string of the molecule is COC(=O)C=CC(=O)OCCN1c2ccccc2NN1c1cccc(C(C)(C)C)c1O. The first-order valence-corrected chi connectivity index (χ1v) is 9.91. The van der Waals surface area contributed by atoms with E-state index < -0.39 is 11.9 Å². The van der Waals surface area contributed by atoms with E-state index in [9.17, 15) is 14.7 Å². The fraction of sp³-hybridized carbons (Fsp3) is 0.304. The van der Waals surface area contributed by atoms with Crippen molar-refractivity contribution in [3.05, 3.63) is 60.2 Å². The van der Waals surface area contributed by atoms with Gasteiger partial charge in [0.25, 0.3) is 0 Å². The number of phenolic OH excluding ortho intramolecular Hbond substituents is 1. The van der Waals surface area contributed by atoms with Crippen LogP contribution in [0.1, 0.15) is 26.3 Å².